The number of carbonyl (C=O) groups is 1. The van der Waals surface area contributed by atoms with Gasteiger partial charge in [0.25, 0.3) is 5.91 Å². The first-order valence-electron chi connectivity index (χ1n) is 12.8. The highest BCUT2D eigenvalue weighted by molar-refractivity contribution is 6.03. The van der Waals surface area contributed by atoms with Crippen molar-refractivity contribution in [3.05, 3.63) is 48.4 Å². The van der Waals surface area contributed by atoms with E-state index in [2.05, 4.69) is 43.8 Å². The van der Waals surface area contributed by atoms with Crippen LogP contribution < -0.4 is 10.2 Å². The topological polar surface area (TPSA) is 64.6 Å². The second-order valence-electron chi connectivity index (χ2n) is 8.68. The molecule has 4 rings (SSSR count). The molecule has 0 unspecified atom stereocenters. The zero-order valence-electron chi connectivity index (χ0n) is 21.2. The molecule has 2 aliphatic heterocycles. The molecule has 0 saturated carbocycles. The van der Waals surface area contributed by atoms with Gasteiger partial charge >= 0.3 is 0 Å². The van der Waals surface area contributed by atoms with Gasteiger partial charge in [-0.1, -0.05) is 13.0 Å². The third kappa shape index (κ3) is 5.64. The first-order valence-corrected chi connectivity index (χ1v) is 11.8. The van der Waals surface area contributed by atoms with Crippen molar-refractivity contribution in [3.8, 4) is 0 Å². The van der Waals surface area contributed by atoms with Crippen molar-refractivity contribution >= 4 is 17.4 Å². The number of likely N-dealkylation sites (tertiary alicyclic amines) is 1. The number of rotatable bonds is 6. The molecule has 4 heterocycles. The number of nitrogens with one attached hydrogen (secondary N) is 1. The largest absolute Gasteiger partial charge is 0.355 e. The molecular formula is C25H36N6O. The van der Waals surface area contributed by atoms with Gasteiger partial charge in [-0.25, -0.2) is 4.98 Å². The summed E-state index contributed by atoms with van der Waals surface area (Å²) in [5.74, 6) is 0.444. The Morgan fingerprint density at radius 1 is 1.16 bits per heavy atom. The van der Waals surface area contributed by atoms with E-state index in [1.54, 1.807) is 30.6 Å². The quantitative estimate of drug-likeness (QED) is 0.745. The van der Waals surface area contributed by atoms with Crippen LogP contribution in [0, 0.1) is 0 Å². The van der Waals surface area contributed by atoms with Crippen LogP contribution in [-0.2, 0) is 0 Å². The average Bonchev–Trinajstić information content (AvgIpc) is 3.02. The number of nitrogens with zero attached hydrogens (tertiary/aromatic N) is 5. The van der Waals surface area contributed by atoms with E-state index < -0.39 is 6.50 Å². The van der Waals surface area contributed by atoms with Crippen molar-refractivity contribution in [1.29, 1.82) is 0 Å². The Morgan fingerprint density at radius 3 is 2.69 bits per heavy atom. The van der Waals surface area contributed by atoms with Gasteiger partial charge in [0.15, 0.2) is 0 Å². The van der Waals surface area contributed by atoms with E-state index in [1.807, 2.05) is 12.1 Å². The molecule has 0 spiro atoms. The SMILES string of the molecule is [2H]C1([2H])CCN(c2cccc(C(=O)Nc3ccncc3)n2)CCN1C1CCN([C@H](C)CC)CC1. The Morgan fingerprint density at radius 2 is 1.94 bits per heavy atom. The van der Waals surface area contributed by atoms with Gasteiger partial charge in [0.1, 0.15) is 11.5 Å². The standard InChI is InChI=1S/C25H36N6O/c1-3-20(2)29-16-10-22(11-17-29)30-14-5-15-31(19-18-30)24-7-4-6-23(28-24)25(32)27-21-8-12-26-13-9-21/h4,6-9,12-13,20,22H,3,5,10-11,14-19H2,1-2H3,(H,26,27,32)/t20-/m1/s1/i14D2. The minimum atomic E-state index is -1.35. The van der Waals surface area contributed by atoms with Crippen molar-refractivity contribution < 1.29 is 7.54 Å². The van der Waals surface area contributed by atoms with Gasteiger partial charge in [-0.3, -0.25) is 14.7 Å². The van der Waals surface area contributed by atoms with Crippen LogP contribution in [-0.4, -0.2) is 77.0 Å². The summed E-state index contributed by atoms with van der Waals surface area (Å²) in [5, 5.41) is 2.85. The maximum atomic E-state index is 12.7. The molecule has 2 aromatic heterocycles. The van der Waals surface area contributed by atoms with Crippen molar-refractivity contribution in [3.63, 3.8) is 0 Å². The Bertz CT molecular complexity index is 951. The molecule has 0 radical (unpaired) electrons. The number of pyridine rings is 2. The highest BCUT2D eigenvalue weighted by Gasteiger charge is 2.28. The van der Waals surface area contributed by atoms with Crippen molar-refractivity contribution in [2.45, 2.75) is 51.6 Å². The lowest BCUT2D eigenvalue weighted by Crippen LogP contribution is -2.48. The molecule has 2 fully saturated rings. The lowest BCUT2D eigenvalue weighted by molar-refractivity contribution is 0.0906. The summed E-state index contributed by atoms with van der Waals surface area (Å²) in [6, 6.07) is 9.77. The molecule has 2 aliphatic rings. The third-order valence-electron chi connectivity index (χ3n) is 6.69. The van der Waals surface area contributed by atoms with Gasteiger partial charge in [-0.15, -0.1) is 0 Å². The lowest BCUT2D eigenvalue weighted by Gasteiger charge is -2.40. The van der Waals surface area contributed by atoms with Crippen molar-refractivity contribution in [2.24, 2.45) is 0 Å². The molecule has 1 N–H and O–H groups in total. The molecule has 2 aromatic rings. The summed E-state index contributed by atoms with van der Waals surface area (Å²) in [7, 11) is 0. The Labute approximate surface area is 194 Å². The minimum absolute atomic E-state index is 0.265. The van der Waals surface area contributed by atoms with Crippen molar-refractivity contribution in [1.82, 2.24) is 19.8 Å². The van der Waals surface area contributed by atoms with Crippen LogP contribution in [0.1, 0.15) is 52.8 Å². The number of aromatic nitrogens is 2. The Kier molecular flexibility index (Phi) is 6.84. The fraction of sp³-hybridized carbons (Fsp3) is 0.560. The summed E-state index contributed by atoms with van der Waals surface area (Å²) in [4.78, 5) is 28.0. The molecule has 32 heavy (non-hydrogen) atoms. The van der Waals surface area contributed by atoms with Gasteiger partial charge < -0.3 is 15.1 Å². The predicted molar refractivity (Wildman–Crippen MR) is 129 cm³/mol. The van der Waals surface area contributed by atoms with Crippen LogP contribution in [0.25, 0.3) is 0 Å². The first kappa shape index (κ1) is 20.1. The number of hydrogen-bond acceptors (Lipinski definition) is 6. The lowest BCUT2D eigenvalue weighted by atomic mass is 10.0. The zero-order valence-corrected chi connectivity index (χ0v) is 19.2. The Hall–Kier alpha value is -2.51. The van der Waals surface area contributed by atoms with Crippen molar-refractivity contribution in [2.75, 3.05) is 49.4 Å². The van der Waals surface area contributed by atoms with E-state index in [0.29, 0.717) is 49.3 Å². The first-order chi connectivity index (χ1) is 16.4. The maximum Gasteiger partial charge on any atom is 0.274 e. The number of piperidine rings is 1. The highest BCUT2D eigenvalue weighted by atomic mass is 16.1. The van der Waals surface area contributed by atoms with Crippen LogP contribution in [0.15, 0.2) is 42.7 Å². The summed E-state index contributed by atoms with van der Waals surface area (Å²) in [6.07, 6.45) is 6.83. The predicted octanol–water partition coefficient (Wildman–Crippen LogP) is 3.50. The second-order valence-corrected chi connectivity index (χ2v) is 8.68. The number of hydrogen-bond donors (Lipinski definition) is 1. The molecule has 172 valence electrons. The molecule has 7 nitrogen and oxygen atoms in total. The van der Waals surface area contributed by atoms with Crippen LogP contribution in [0.2, 0.25) is 0 Å². The van der Waals surface area contributed by atoms with Crippen LogP contribution in [0.5, 0.6) is 0 Å². The van der Waals surface area contributed by atoms with Crippen LogP contribution in [0.4, 0.5) is 11.5 Å². The van der Waals surface area contributed by atoms with Gasteiger partial charge in [0.05, 0.1) is 0 Å². The van der Waals surface area contributed by atoms with Gasteiger partial charge in [-0.05, 0) is 70.0 Å². The number of carbonyl (C=O) groups excluding carboxylic acids is 1. The molecular weight excluding hydrogens is 400 g/mol. The monoisotopic (exact) mass is 438 g/mol. The summed E-state index contributed by atoms with van der Waals surface area (Å²) < 4.78 is 17.6. The molecule has 1 atom stereocenters. The van der Waals surface area contributed by atoms with E-state index >= 15 is 0 Å². The van der Waals surface area contributed by atoms with Gasteiger partial charge in [0.2, 0.25) is 0 Å². The summed E-state index contributed by atoms with van der Waals surface area (Å²) in [6.45, 7) is 7.13. The molecule has 0 aromatic carbocycles. The van der Waals surface area contributed by atoms with Crippen LogP contribution in [0.3, 0.4) is 0 Å². The Balaban J connectivity index is 1.41. The molecule has 1 amide bonds. The highest BCUT2D eigenvalue weighted by Crippen LogP contribution is 2.22. The van der Waals surface area contributed by atoms with E-state index in [1.165, 1.54) is 0 Å². The maximum absolute atomic E-state index is 12.7. The fourth-order valence-corrected chi connectivity index (χ4v) is 4.54. The molecule has 2 saturated heterocycles. The normalized spacial score (nSPS) is 22.5. The molecule has 0 bridgehead atoms. The third-order valence-corrected chi connectivity index (χ3v) is 6.69. The van der Waals surface area contributed by atoms with E-state index in [-0.39, 0.29) is 11.9 Å². The zero-order chi connectivity index (χ0) is 24.1. The van der Waals surface area contributed by atoms with E-state index in [9.17, 15) is 4.79 Å². The number of amides is 1. The minimum Gasteiger partial charge on any atom is -0.355 e. The van der Waals surface area contributed by atoms with E-state index in [0.717, 1.165) is 32.4 Å². The van der Waals surface area contributed by atoms with E-state index in [4.69, 9.17) is 2.74 Å². The average molecular weight is 439 g/mol. The summed E-state index contributed by atoms with van der Waals surface area (Å²) in [5.41, 5.74) is 1.01. The second kappa shape index (κ2) is 10.9. The summed E-state index contributed by atoms with van der Waals surface area (Å²) >= 11 is 0. The van der Waals surface area contributed by atoms with Gasteiger partial charge in [0, 0.05) is 59.0 Å². The van der Waals surface area contributed by atoms with Crippen LogP contribution >= 0.6 is 0 Å². The smallest absolute Gasteiger partial charge is 0.274 e. The van der Waals surface area contributed by atoms with Gasteiger partial charge in [-0.2, -0.15) is 0 Å². The molecule has 7 heteroatoms. The fourth-order valence-electron chi connectivity index (χ4n) is 4.54. The number of anilines is 2. The molecule has 0 aliphatic carbocycles.